The van der Waals surface area contributed by atoms with E-state index in [0.717, 1.165) is 26.1 Å². The van der Waals surface area contributed by atoms with Crippen LogP contribution in [0.2, 0.25) is 0 Å². The molecule has 0 radical (unpaired) electrons. The fourth-order valence-electron chi connectivity index (χ4n) is 1.52. The van der Waals surface area contributed by atoms with Gasteiger partial charge in [0.25, 0.3) is 0 Å². The van der Waals surface area contributed by atoms with Crippen LogP contribution in [0, 0.1) is 0 Å². The molecule has 5 heteroatoms. The predicted octanol–water partition coefficient (Wildman–Crippen LogP) is 1.70. The fraction of sp³-hybridized carbons (Fsp3) is 0.625. The first-order valence-electron chi connectivity index (χ1n) is 4.29. The van der Waals surface area contributed by atoms with E-state index in [9.17, 15) is 5.11 Å². The third-order valence-electron chi connectivity index (χ3n) is 2.25. The van der Waals surface area contributed by atoms with E-state index in [1.54, 1.807) is 0 Å². The van der Waals surface area contributed by atoms with Crippen LogP contribution in [0.3, 0.4) is 0 Å². The molecule has 1 aromatic rings. The molecule has 1 aromatic heterocycles. The molecule has 0 unspecified atom stereocenters. The van der Waals surface area contributed by atoms with E-state index in [2.05, 4.69) is 21.0 Å². The molecule has 1 aliphatic rings. The van der Waals surface area contributed by atoms with Crippen molar-refractivity contribution in [3.05, 3.63) is 10.8 Å². The molecule has 0 bridgehead atoms. The summed E-state index contributed by atoms with van der Waals surface area (Å²) in [5.74, 6) is 0.200. The van der Waals surface area contributed by atoms with Crippen molar-refractivity contribution < 1.29 is 9.84 Å². The molecule has 1 aliphatic heterocycles. The van der Waals surface area contributed by atoms with Crippen molar-refractivity contribution in [3.8, 4) is 5.75 Å². The molecule has 2 heterocycles. The van der Waals surface area contributed by atoms with Gasteiger partial charge in [-0.15, -0.1) is 0 Å². The molecule has 0 saturated carbocycles. The van der Waals surface area contributed by atoms with E-state index in [0.29, 0.717) is 10.6 Å². The normalized spacial score (nSPS) is 19.2. The zero-order valence-electron chi connectivity index (χ0n) is 7.11. The molecule has 0 aliphatic carbocycles. The minimum absolute atomic E-state index is 0.200. The van der Waals surface area contributed by atoms with Crippen LogP contribution < -0.4 is 0 Å². The molecule has 1 saturated heterocycles. The highest BCUT2D eigenvalue weighted by Gasteiger charge is 2.19. The lowest BCUT2D eigenvalue weighted by Crippen LogP contribution is -2.20. The molecule has 0 spiro atoms. The van der Waals surface area contributed by atoms with Crippen molar-refractivity contribution in [2.45, 2.75) is 18.9 Å². The highest BCUT2D eigenvalue weighted by molar-refractivity contribution is 9.10. The summed E-state index contributed by atoms with van der Waals surface area (Å²) in [6, 6.07) is 0.351. The lowest BCUT2D eigenvalue weighted by molar-refractivity contribution is 0.0655. The summed E-state index contributed by atoms with van der Waals surface area (Å²) in [5.41, 5.74) is 0. The van der Waals surface area contributed by atoms with Gasteiger partial charge in [-0.1, -0.05) is 0 Å². The van der Waals surface area contributed by atoms with Crippen molar-refractivity contribution in [3.63, 3.8) is 0 Å². The van der Waals surface area contributed by atoms with Gasteiger partial charge in [0.2, 0.25) is 0 Å². The van der Waals surface area contributed by atoms with Gasteiger partial charge in [0.05, 0.1) is 12.2 Å². The van der Waals surface area contributed by atoms with Crippen LogP contribution >= 0.6 is 15.9 Å². The first kappa shape index (κ1) is 9.02. The predicted molar refractivity (Wildman–Crippen MR) is 50.7 cm³/mol. The van der Waals surface area contributed by atoms with Crippen molar-refractivity contribution in [2.24, 2.45) is 0 Å². The van der Waals surface area contributed by atoms with Crippen molar-refractivity contribution >= 4 is 15.9 Å². The molecule has 0 amide bonds. The Morgan fingerprint density at radius 1 is 1.54 bits per heavy atom. The molecule has 0 aromatic carbocycles. The quantitative estimate of drug-likeness (QED) is 0.821. The van der Waals surface area contributed by atoms with Crippen LogP contribution in [-0.2, 0) is 4.74 Å². The lowest BCUT2D eigenvalue weighted by atomic mass is 10.1. The summed E-state index contributed by atoms with van der Waals surface area (Å²) in [5, 5.41) is 13.4. The van der Waals surface area contributed by atoms with Gasteiger partial charge in [0, 0.05) is 13.2 Å². The summed E-state index contributed by atoms with van der Waals surface area (Å²) in [4.78, 5) is 0. The summed E-state index contributed by atoms with van der Waals surface area (Å²) in [6.45, 7) is 1.55. The molecule has 1 fully saturated rings. The van der Waals surface area contributed by atoms with E-state index in [4.69, 9.17) is 4.74 Å². The Morgan fingerprint density at radius 3 is 2.77 bits per heavy atom. The third kappa shape index (κ3) is 1.71. The minimum atomic E-state index is 0.200. The zero-order valence-corrected chi connectivity index (χ0v) is 8.70. The van der Waals surface area contributed by atoms with Gasteiger partial charge in [0.1, 0.15) is 4.60 Å². The Morgan fingerprint density at radius 2 is 2.23 bits per heavy atom. The highest BCUT2D eigenvalue weighted by atomic mass is 79.9. The maximum atomic E-state index is 9.31. The number of nitrogens with zero attached hydrogens (tertiary/aromatic N) is 2. The molecular formula is C8H11BrN2O2. The van der Waals surface area contributed by atoms with Crippen LogP contribution in [0.1, 0.15) is 18.9 Å². The topological polar surface area (TPSA) is 47.3 Å². The Hall–Kier alpha value is -0.550. The van der Waals surface area contributed by atoms with Gasteiger partial charge in [-0.3, -0.25) is 4.68 Å². The fourth-order valence-corrected chi connectivity index (χ4v) is 2.01. The summed E-state index contributed by atoms with van der Waals surface area (Å²) in [6.07, 6.45) is 3.37. The van der Waals surface area contributed by atoms with Gasteiger partial charge in [-0.25, -0.2) is 0 Å². The van der Waals surface area contributed by atoms with Crippen LogP contribution in [0.25, 0.3) is 0 Å². The summed E-state index contributed by atoms with van der Waals surface area (Å²) < 4.78 is 7.73. The molecule has 4 nitrogen and oxygen atoms in total. The highest BCUT2D eigenvalue weighted by Crippen LogP contribution is 2.29. The summed E-state index contributed by atoms with van der Waals surface area (Å²) >= 11 is 3.30. The zero-order chi connectivity index (χ0) is 9.26. The Bertz CT molecular complexity index is 294. The van der Waals surface area contributed by atoms with E-state index in [-0.39, 0.29) is 5.75 Å². The number of halogens is 1. The van der Waals surface area contributed by atoms with E-state index >= 15 is 0 Å². The Balaban J connectivity index is 2.18. The van der Waals surface area contributed by atoms with Crippen LogP contribution in [0.5, 0.6) is 5.75 Å². The number of rotatable bonds is 1. The maximum Gasteiger partial charge on any atom is 0.168 e. The van der Waals surface area contributed by atoms with Gasteiger partial charge in [-0.2, -0.15) is 5.10 Å². The van der Waals surface area contributed by atoms with Crippen LogP contribution in [0.15, 0.2) is 10.8 Å². The number of ether oxygens (including phenoxy) is 1. The van der Waals surface area contributed by atoms with E-state index in [1.807, 2.05) is 4.68 Å². The number of hydrogen-bond donors (Lipinski definition) is 1. The lowest BCUT2D eigenvalue weighted by Gasteiger charge is -2.22. The minimum Gasteiger partial charge on any atom is -0.504 e. The Labute approximate surface area is 84.6 Å². The number of aromatic nitrogens is 2. The van der Waals surface area contributed by atoms with E-state index < -0.39 is 0 Å². The molecule has 13 heavy (non-hydrogen) atoms. The molecule has 2 rings (SSSR count). The third-order valence-corrected chi connectivity index (χ3v) is 3.02. The average Bonchev–Trinajstić information content (AvgIpc) is 2.49. The SMILES string of the molecule is Oc1cnn(C2CCOCC2)c1Br. The average molecular weight is 247 g/mol. The second kappa shape index (κ2) is 3.67. The Kier molecular flexibility index (Phi) is 2.55. The van der Waals surface area contributed by atoms with Gasteiger partial charge < -0.3 is 9.84 Å². The first-order chi connectivity index (χ1) is 6.29. The standard InChI is InChI=1S/C8H11BrN2O2/c9-8-7(12)5-10-11(8)6-1-3-13-4-2-6/h5-6,12H,1-4H2. The second-order valence-corrected chi connectivity index (χ2v) is 3.86. The number of hydrogen-bond acceptors (Lipinski definition) is 3. The maximum absolute atomic E-state index is 9.31. The van der Waals surface area contributed by atoms with Crippen LogP contribution in [0.4, 0.5) is 0 Å². The van der Waals surface area contributed by atoms with Crippen molar-refractivity contribution in [1.82, 2.24) is 9.78 Å². The van der Waals surface area contributed by atoms with Crippen LogP contribution in [-0.4, -0.2) is 28.1 Å². The molecule has 0 atom stereocenters. The number of aromatic hydroxyl groups is 1. The van der Waals surface area contributed by atoms with Gasteiger partial charge in [0.15, 0.2) is 5.75 Å². The molecular weight excluding hydrogens is 236 g/mol. The molecule has 72 valence electrons. The van der Waals surface area contributed by atoms with Crippen molar-refractivity contribution in [1.29, 1.82) is 0 Å². The van der Waals surface area contributed by atoms with E-state index in [1.165, 1.54) is 6.20 Å². The van der Waals surface area contributed by atoms with Crippen molar-refractivity contribution in [2.75, 3.05) is 13.2 Å². The summed E-state index contributed by atoms with van der Waals surface area (Å²) in [7, 11) is 0. The monoisotopic (exact) mass is 246 g/mol. The molecule has 1 N–H and O–H groups in total. The van der Waals surface area contributed by atoms with Gasteiger partial charge >= 0.3 is 0 Å². The second-order valence-electron chi connectivity index (χ2n) is 3.11. The smallest absolute Gasteiger partial charge is 0.168 e. The first-order valence-corrected chi connectivity index (χ1v) is 5.08. The largest absolute Gasteiger partial charge is 0.504 e. The van der Waals surface area contributed by atoms with Gasteiger partial charge in [-0.05, 0) is 28.8 Å².